The maximum atomic E-state index is 12.5. The summed E-state index contributed by atoms with van der Waals surface area (Å²) in [5.74, 6) is 0. The number of ether oxygens (including phenoxy) is 3. The van der Waals surface area contributed by atoms with Crippen LogP contribution >= 0.6 is 0 Å². The van der Waals surface area contributed by atoms with Crippen LogP contribution in [0, 0.1) is 0 Å². The second-order valence-corrected chi connectivity index (χ2v) is 8.67. The van der Waals surface area contributed by atoms with Crippen molar-refractivity contribution in [3.8, 4) is 0 Å². The zero-order chi connectivity index (χ0) is 24.2. The van der Waals surface area contributed by atoms with Crippen LogP contribution in [0.25, 0.3) is 0 Å². The normalized spacial score (nSPS) is 22.1. The molecule has 1 fully saturated rings. The number of benzene rings is 1. The van der Waals surface area contributed by atoms with Gasteiger partial charge in [0, 0.05) is 19.8 Å². The predicted molar refractivity (Wildman–Crippen MR) is 125 cm³/mol. The van der Waals surface area contributed by atoms with Crippen molar-refractivity contribution in [2.75, 3.05) is 19.8 Å². The van der Waals surface area contributed by atoms with E-state index >= 15 is 0 Å². The van der Waals surface area contributed by atoms with Crippen molar-refractivity contribution in [2.45, 2.75) is 96.0 Å². The van der Waals surface area contributed by atoms with Crippen LogP contribution < -0.4 is 0 Å². The van der Waals surface area contributed by atoms with Crippen molar-refractivity contribution in [1.82, 2.24) is 4.90 Å². The maximum Gasteiger partial charge on any atom is 0.410 e. The van der Waals surface area contributed by atoms with Gasteiger partial charge in [-0.25, -0.2) is 4.79 Å². The minimum Gasteiger partial charge on any atom is -0.441 e. The Balaban J connectivity index is 1.91. The van der Waals surface area contributed by atoms with E-state index in [4.69, 9.17) is 14.2 Å². The van der Waals surface area contributed by atoms with E-state index < -0.39 is 36.6 Å². The van der Waals surface area contributed by atoms with Gasteiger partial charge in [0.1, 0.15) is 18.3 Å². The van der Waals surface area contributed by atoms with Gasteiger partial charge in [0.15, 0.2) is 0 Å². The lowest BCUT2D eigenvalue weighted by molar-refractivity contribution is -0.126. The van der Waals surface area contributed by atoms with Gasteiger partial charge in [0.25, 0.3) is 0 Å². The second-order valence-electron chi connectivity index (χ2n) is 8.67. The van der Waals surface area contributed by atoms with Gasteiger partial charge in [-0.15, -0.1) is 0 Å². The first kappa shape index (κ1) is 27.5. The average molecular weight is 468 g/mol. The third-order valence-corrected chi connectivity index (χ3v) is 6.07. The number of amides is 1. The smallest absolute Gasteiger partial charge is 0.410 e. The molecule has 33 heavy (non-hydrogen) atoms. The monoisotopic (exact) mass is 467 g/mol. The van der Waals surface area contributed by atoms with Crippen molar-refractivity contribution in [3.63, 3.8) is 0 Å². The van der Waals surface area contributed by atoms with E-state index in [1.807, 2.05) is 37.3 Å². The van der Waals surface area contributed by atoms with Crippen molar-refractivity contribution < 1.29 is 34.3 Å². The molecule has 1 aliphatic rings. The highest BCUT2D eigenvalue weighted by molar-refractivity contribution is 5.70. The van der Waals surface area contributed by atoms with Crippen LogP contribution in [0.15, 0.2) is 30.3 Å². The first-order valence-corrected chi connectivity index (χ1v) is 12.1. The molecule has 188 valence electrons. The molecule has 2 rings (SSSR count). The van der Waals surface area contributed by atoms with E-state index in [-0.39, 0.29) is 12.6 Å². The van der Waals surface area contributed by atoms with Gasteiger partial charge in [-0.2, -0.15) is 0 Å². The zero-order valence-electron chi connectivity index (χ0n) is 20.1. The quantitative estimate of drug-likeness (QED) is 0.321. The molecule has 0 aromatic heterocycles. The van der Waals surface area contributed by atoms with Crippen molar-refractivity contribution in [2.24, 2.45) is 0 Å². The standard InChI is InChI=1S/C25H41NO7/c1-4-6-14-31-21(5-2)23(29)22(17-27)32-15-10-13-20-24(18(3)28)33-25(30)26(20)16-19-11-8-7-9-12-19/h7-9,11-12,18,20-24,27-29H,4-6,10,13-17H2,1-3H3/t18-,20?,21?,22?,23-,24-/m1/s1. The molecular weight excluding hydrogens is 426 g/mol. The van der Waals surface area contributed by atoms with E-state index in [1.54, 1.807) is 11.8 Å². The first-order valence-electron chi connectivity index (χ1n) is 12.1. The third-order valence-electron chi connectivity index (χ3n) is 6.07. The summed E-state index contributed by atoms with van der Waals surface area (Å²) in [5.41, 5.74) is 0.985. The molecule has 1 aromatic rings. The minimum atomic E-state index is -0.923. The zero-order valence-corrected chi connectivity index (χ0v) is 20.1. The predicted octanol–water partition coefficient (Wildman–Crippen LogP) is 2.87. The van der Waals surface area contributed by atoms with Gasteiger partial charge in [-0.1, -0.05) is 50.6 Å². The first-order chi connectivity index (χ1) is 15.9. The summed E-state index contributed by atoms with van der Waals surface area (Å²) in [6, 6.07) is 9.36. The number of rotatable bonds is 16. The van der Waals surface area contributed by atoms with Gasteiger partial charge in [0.05, 0.1) is 24.9 Å². The summed E-state index contributed by atoms with van der Waals surface area (Å²) in [6.07, 6.45) is -0.219. The van der Waals surface area contributed by atoms with Crippen LogP contribution in [-0.2, 0) is 20.8 Å². The molecule has 6 atom stereocenters. The average Bonchev–Trinajstić information content (AvgIpc) is 3.12. The molecule has 0 saturated carbocycles. The van der Waals surface area contributed by atoms with E-state index in [1.165, 1.54) is 0 Å². The van der Waals surface area contributed by atoms with Crippen molar-refractivity contribution >= 4 is 6.09 Å². The topological polar surface area (TPSA) is 109 Å². The molecule has 0 spiro atoms. The van der Waals surface area contributed by atoms with Crippen LogP contribution in [-0.4, -0.2) is 82.7 Å². The van der Waals surface area contributed by atoms with Crippen molar-refractivity contribution in [3.05, 3.63) is 35.9 Å². The summed E-state index contributed by atoms with van der Waals surface area (Å²) < 4.78 is 17.0. The molecule has 3 N–H and O–H groups in total. The Kier molecular flexibility index (Phi) is 12.1. The molecule has 1 heterocycles. The summed E-state index contributed by atoms with van der Waals surface area (Å²) in [5, 5.41) is 30.5. The Hall–Kier alpha value is -1.71. The van der Waals surface area contributed by atoms with E-state index in [0.717, 1.165) is 18.4 Å². The largest absolute Gasteiger partial charge is 0.441 e. The summed E-state index contributed by atoms with van der Waals surface area (Å²) >= 11 is 0. The minimum absolute atomic E-state index is 0.292. The lowest BCUT2D eigenvalue weighted by Gasteiger charge is -2.29. The molecule has 1 aliphatic heterocycles. The number of carbonyl (C=O) groups is 1. The SMILES string of the molecule is CCCCOC(CC)[C@@H](O)C(CO)OCCCC1[C@@H]([C@@H](C)O)OC(=O)N1Cc1ccccc1. The highest BCUT2D eigenvalue weighted by atomic mass is 16.6. The molecule has 0 bridgehead atoms. The number of aliphatic hydroxyl groups excluding tert-OH is 3. The number of nitrogens with zero attached hydrogens (tertiary/aromatic N) is 1. The molecule has 1 amide bonds. The van der Waals surface area contributed by atoms with Crippen LogP contribution in [0.1, 0.15) is 58.4 Å². The van der Waals surface area contributed by atoms with E-state index in [0.29, 0.717) is 39.0 Å². The van der Waals surface area contributed by atoms with E-state index in [9.17, 15) is 20.1 Å². The van der Waals surface area contributed by atoms with Gasteiger partial charge >= 0.3 is 6.09 Å². The molecule has 8 nitrogen and oxygen atoms in total. The fourth-order valence-corrected chi connectivity index (χ4v) is 4.14. The van der Waals surface area contributed by atoms with Crippen LogP contribution in [0.5, 0.6) is 0 Å². The number of carbonyl (C=O) groups excluding carboxylic acids is 1. The van der Waals surface area contributed by atoms with Gasteiger partial charge < -0.3 is 29.5 Å². The summed E-state index contributed by atoms with van der Waals surface area (Å²) in [4.78, 5) is 14.1. The van der Waals surface area contributed by atoms with Crippen LogP contribution in [0.2, 0.25) is 0 Å². The molecule has 3 unspecified atom stereocenters. The van der Waals surface area contributed by atoms with Gasteiger partial charge in [0.2, 0.25) is 0 Å². The lowest BCUT2D eigenvalue weighted by Crippen LogP contribution is -2.43. The summed E-state index contributed by atoms with van der Waals surface area (Å²) in [7, 11) is 0. The number of hydrogen-bond donors (Lipinski definition) is 3. The summed E-state index contributed by atoms with van der Waals surface area (Å²) in [6.45, 7) is 6.59. The van der Waals surface area contributed by atoms with Crippen LogP contribution in [0.4, 0.5) is 4.79 Å². The second kappa shape index (κ2) is 14.5. The number of cyclic esters (lactones) is 1. The highest BCUT2D eigenvalue weighted by Gasteiger charge is 2.43. The number of hydrogen-bond acceptors (Lipinski definition) is 7. The fraction of sp³-hybridized carbons (Fsp3) is 0.720. The Morgan fingerprint density at radius 3 is 2.33 bits per heavy atom. The third kappa shape index (κ3) is 8.22. The lowest BCUT2D eigenvalue weighted by atomic mass is 10.0. The molecule has 1 saturated heterocycles. The van der Waals surface area contributed by atoms with E-state index in [2.05, 4.69) is 6.92 Å². The Labute approximate surface area is 197 Å². The molecular formula is C25H41NO7. The molecule has 8 heteroatoms. The van der Waals surface area contributed by atoms with Gasteiger partial charge in [-0.3, -0.25) is 4.90 Å². The Bertz CT molecular complexity index is 672. The van der Waals surface area contributed by atoms with Crippen molar-refractivity contribution in [1.29, 1.82) is 0 Å². The molecule has 1 aromatic carbocycles. The number of aliphatic hydroxyl groups is 3. The fourth-order valence-electron chi connectivity index (χ4n) is 4.14. The Morgan fingerprint density at radius 1 is 1.06 bits per heavy atom. The van der Waals surface area contributed by atoms with Crippen LogP contribution in [0.3, 0.4) is 0 Å². The Morgan fingerprint density at radius 2 is 1.73 bits per heavy atom. The number of unbranched alkanes of at least 4 members (excludes halogenated alkanes) is 1. The highest BCUT2D eigenvalue weighted by Crippen LogP contribution is 2.28. The van der Waals surface area contributed by atoms with Gasteiger partial charge in [-0.05, 0) is 38.2 Å². The molecule has 0 radical (unpaired) electrons. The molecule has 0 aliphatic carbocycles. The maximum absolute atomic E-state index is 12.5.